The predicted molar refractivity (Wildman–Crippen MR) is 89.5 cm³/mol. The fourth-order valence-corrected chi connectivity index (χ4v) is 3.94. The van der Waals surface area contributed by atoms with Gasteiger partial charge >= 0.3 is 0 Å². The SMILES string of the molecule is Cc1sc2nc(COc3ccc(F)cc3)cc(=O)n2c1C1(O)COC1. The van der Waals surface area contributed by atoms with E-state index >= 15 is 0 Å². The van der Waals surface area contributed by atoms with E-state index in [1.165, 1.54) is 46.1 Å². The molecule has 1 aliphatic rings. The quantitative estimate of drug-likeness (QED) is 0.769. The molecule has 1 saturated heterocycles. The smallest absolute Gasteiger partial charge is 0.259 e. The number of halogens is 1. The van der Waals surface area contributed by atoms with E-state index in [0.29, 0.717) is 22.1 Å². The van der Waals surface area contributed by atoms with Crippen LogP contribution in [0.1, 0.15) is 16.3 Å². The van der Waals surface area contributed by atoms with Crippen LogP contribution in [0, 0.1) is 12.7 Å². The molecule has 1 N–H and O–H groups in total. The minimum atomic E-state index is -1.14. The van der Waals surface area contributed by atoms with Gasteiger partial charge in [0.2, 0.25) is 0 Å². The summed E-state index contributed by atoms with van der Waals surface area (Å²) in [5.41, 5.74) is -0.399. The number of nitrogens with zero attached hydrogens (tertiary/aromatic N) is 2. The molecule has 3 heterocycles. The van der Waals surface area contributed by atoms with Gasteiger partial charge in [0.25, 0.3) is 5.56 Å². The van der Waals surface area contributed by atoms with Gasteiger partial charge in [-0.15, -0.1) is 11.3 Å². The summed E-state index contributed by atoms with van der Waals surface area (Å²) in [6.45, 7) is 2.28. The Labute approximate surface area is 146 Å². The molecule has 3 aromatic rings. The number of fused-ring (bicyclic) bond motifs is 1. The lowest BCUT2D eigenvalue weighted by Gasteiger charge is -2.36. The highest BCUT2D eigenvalue weighted by Crippen LogP contribution is 2.34. The normalized spacial score (nSPS) is 16.0. The van der Waals surface area contributed by atoms with Crippen molar-refractivity contribution in [2.75, 3.05) is 13.2 Å². The van der Waals surface area contributed by atoms with Gasteiger partial charge in [-0.05, 0) is 31.2 Å². The molecule has 0 saturated carbocycles. The third-order valence-corrected chi connectivity index (χ3v) is 5.02. The lowest BCUT2D eigenvalue weighted by molar-refractivity contribution is -0.187. The van der Waals surface area contributed by atoms with Crippen LogP contribution in [0.4, 0.5) is 4.39 Å². The van der Waals surface area contributed by atoms with Gasteiger partial charge in [0.05, 0.1) is 24.6 Å². The van der Waals surface area contributed by atoms with Crippen molar-refractivity contribution in [1.82, 2.24) is 9.38 Å². The van der Waals surface area contributed by atoms with Crippen molar-refractivity contribution in [2.24, 2.45) is 0 Å². The highest BCUT2D eigenvalue weighted by Gasteiger charge is 2.42. The van der Waals surface area contributed by atoms with Crippen molar-refractivity contribution < 1.29 is 19.0 Å². The van der Waals surface area contributed by atoms with Crippen molar-refractivity contribution in [3.63, 3.8) is 0 Å². The highest BCUT2D eigenvalue weighted by atomic mass is 32.1. The molecule has 0 aliphatic carbocycles. The van der Waals surface area contributed by atoms with Crippen LogP contribution in [0.3, 0.4) is 0 Å². The zero-order valence-electron chi connectivity index (χ0n) is 13.4. The number of aromatic nitrogens is 2. The minimum Gasteiger partial charge on any atom is -0.487 e. The highest BCUT2D eigenvalue weighted by molar-refractivity contribution is 7.17. The van der Waals surface area contributed by atoms with E-state index in [9.17, 15) is 14.3 Å². The van der Waals surface area contributed by atoms with Crippen LogP contribution in [0.5, 0.6) is 5.75 Å². The van der Waals surface area contributed by atoms with Crippen molar-refractivity contribution >= 4 is 16.3 Å². The first-order valence-corrected chi connectivity index (χ1v) is 8.49. The second-order valence-electron chi connectivity index (χ2n) is 5.98. The third kappa shape index (κ3) is 2.82. The summed E-state index contributed by atoms with van der Waals surface area (Å²) in [6.07, 6.45) is 0. The van der Waals surface area contributed by atoms with Crippen LogP contribution in [0.15, 0.2) is 35.1 Å². The van der Waals surface area contributed by atoms with Gasteiger partial charge in [-0.2, -0.15) is 0 Å². The van der Waals surface area contributed by atoms with Gasteiger partial charge in [0.1, 0.15) is 18.2 Å². The summed E-state index contributed by atoms with van der Waals surface area (Å²) in [5.74, 6) is 0.150. The average molecular weight is 362 g/mol. The zero-order valence-corrected chi connectivity index (χ0v) is 14.2. The van der Waals surface area contributed by atoms with Crippen LogP contribution in [-0.2, 0) is 16.9 Å². The maximum absolute atomic E-state index is 12.9. The predicted octanol–water partition coefficient (Wildman–Crippen LogP) is 2.00. The Bertz CT molecular complexity index is 992. The Kier molecular flexibility index (Phi) is 3.82. The summed E-state index contributed by atoms with van der Waals surface area (Å²) in [6, 6.07) is 7.02. The Balaban J connectivity index is 1.66. The van der Waals surface area contributed by atoms with E-state index in [0.717, 1.165) is 4.88 Å². The second kappa shape index (κ2) is 5.91. The Morgan fingerprint density at radius 1 is 1.40 bits per heavy atom. The van der Waals surface area contributed by atoms with Crippen molar-refractivity contribution in [1.29, 1.82) is 0 Å². The molecule has 4 rings (SSSR count). The largest absolute Gasteiger partial charge is 0.487 e. The number of thiazole rings is 1. The first kappa shape index (κ1) is 16.2. The summed E-state index contributed by atoms with van der Waals surface area (Å²) in [7, 11) is 0. The van der Waals surface area contributed by atoms with Crippen molar-refractivity contribution in [3.8, 4) is 5.75 Å². The molecule has 8 heteroatoms. The fraction of sp³-hybridized carbons (Fsp3) is 0.294. The topological polar surface area (TPSA) is 73.1 Å². The van der Waals surface area contributed by atoms with E-state index in [2.05, 4.69) is 4.98 Å². The average Bonchev–Trinajstić information content (AvgIpc) is 2.89. The molecular formula is C17H15FN2O4S. The molecule has 25 heavy (non-hydrogen) atoms. The van der Waals surface area contributed by atoms with E-state index < -0.39 is 5.60 Å². The standard InChI is InChI=1S/C17H15FN2O4S/c1-10-15(17(22)8-23-9-17)20-14(21)6-12(19-16(20)25-10)7-24-13-4-2-11(18)3-5-13/h2-6,22H,7-9H2,1H3. The number of hydrogen-bond acceptors (Lipinski definition) is 6. The molecule has 1 aromatic carbocycles. The molecule has 130 valence electrons. The summed E-state index contributed by atoms with van der Waals surface area (Å²) < 4.78 is 25.0. The van der Waals surface area contributed by atoms with Crippen molar-refractivity contribution in [2.45, 2.75) is 19.1 Å². The van der Waals surface area contributed by atoms with Crippen LogP contribution in [0.2, 0.25) is 0 Å². The maximum atomic E-state index is 12.9. The first-order chi connectivity index (χ1) is 12.0. The summed E-state index contributed by atoms with van der Waals surface area (Å²) in [5, 5.41) is 10.6. The Hall–Kier alpha value is -2.29. The van der Waals surface area contributed by atoms with Crippen LogP contribution in [0.25, 0.3) is 4.96 Å². The Morgan fingerprint density at radius 3 is 2.76 bits per heavy atom. The molecule has 2 aromatic heterocycles. The maximum Gasteiger partial charge on any atom is 0.259 e. The van der Waals surface area contributed by atoms with Gasteiger partial charge in [-0.3, -0.25) is 9.20 Å². The number of rotatable bonds is 4. The van der Waals surface area contributed by atoms with Gasteiger partial charge in [0, 0.05) is 10.9 Å². The summed E-state index contributed by atoms with van der Waals surface area (Å²) in [4.78, 5) is 18.3. The molecule has 1 fully saturated rings. The van der Waals surface area contributed by atoms with E-state index in [1.54, 1.807) is 0 Å². The lowest BCUT2D eigenvalue weighted by Crippen LogP contribution is -2.48. The van der Waals surface area contributed by atoms with Gasteiger partial charge in [-0.1, -0.05) is 0 Å². The second-order valence-corrected chi connectivity index (χ2v) is 7.16. The molecule has 6 nitrogen and oxygen atoms in total. The monoisotopic (exact) mass is 362 g/mol. The van der Waals surface area contributed by atoms with E-state index in [4.69, 9.17) is 9.47 Å². The minimum absolute atomic E-state index is 0.0943. The Morgan fingerprint density at radius 2 is 2.12 bits per heavy atom. The first-order valence-electron chi connectivity index (χ1n) is 7.67. The van der Waals surface area contributed by atoms with Crippen molar-refractivity contribution in [3.05, 3.63) is 62.8 Å². The zero-order chi connectivity index (χ0) is 17.6. The van der Waals surface area contributed by atoms with Crippen LogP contribution >= 0.6 is 11.3 Å². The lowest BCUT2D eigenvalue weighted by atomic mass is 9.97. The summed E-state index contributed by atoms with van der Waals surface area (Å²) >= 11 is 1.34. The molecule has 0 amide bonds. The molecule has 0 bridgehead atoms. The third-order valence-electron chi connectivity index (χ3n) is 4.07. The molecule has 0 spiro atoms. The molecule has 0 radical (unpaired) electrons. The number of aliphatic hydroxyl groups is 1. The van der Waals surface area contributed by atoms with Gasteiger partial charge < -0.3 is 14.6 Å². The van der Waals surface area contributed by atoms with Gasteiger partial charge in [-0.25, -0.2) is 9.37 Å². The number of aryl methyl sites for hydroxylation is 1. The number of benzene rings is 1. The van der Waals surface area contributed by atoms with Gasteiger partial charge in [0.15, 0.2) is 10.6 Å². The van der Waals surface area contributed by atoms with Crippen LogP contribution < -0.4 is 10.3 Å². The fourth-order valence-electron chi connectivity index (χ4n) is 2.85. The molecule has 0 unspecified atom stereocenters. The molecule has 1 aliphatic heterocycles. The number of hydrogen-bond donors (Lipinski definition) is 1. The van der Waals surface area contributed by atoms with E-state index in [-0.39, 0.29) is 31.2 Å². The number of ether oxygens (including phenoxy) is 2. The molecular weight excluding hydrogens is 347 g/mol. The van der Waals surface area contributed by atoms with Crippen LogP contribution in [-0.4, -0.2) is 27.7 Å². The molecule has 0 atom stereocenters. The van der Waals surface area contributed by atoms with E-state index in [1.807, 2.05) is 6.92 Å².